The van der Waals surface area contributed by atoms with Gasteiger partial charge in [0.15, 0.2) is 29.0 Å². The first kappa shape index (κ1) is 27.9. The fraction of sp³-hybridized carbons (Fsp3) is 0.172. The van der Waals surface area contributed by atoms with Crippen LogP contribution in [0.15, 0.2) is 66.7 Å². The Hall–Kier alpha value is -4.08. The first-order chi connectivity index (χ1) is 18.5. The Morgan fingerprint density at radius 2 is 1.36 bits per heavy atom. The standard InChI is InChI=1S/C29H20F8O2/c1-2-3-16-4-7-19(8-5-16)29(36,37)39-20-9-6-17(22(30)14-20)15-38-25-11-10-21(26(33)28(25)35)18-12-23(31)27(34)24(32)13-18/h4-14H,2-3,15H2,1H3. The quantitative estimate of drug-likeness (QED) is 0.153. The summed E-state index contributed by atoms with van der Waals surface area (Å²) in [5.41, 5.74) is -0.726. The molecule has 0 radical (unpaired) electrons. The van der Waals surface area contributed by atoms with Crippen LogP contribution in [0.2, 0.25) is 0 Å². The van der Waals surface area contributed by atoms with E-state index in [1.807, 2.05) is 6.92 Å². The highest BCUT2D eigenvalue weighted by molar-refractivity contribution is 5.65. The van der Waals surface area contributed by atoms with Gasteiger partial charge in [-0.25, -0.2) is 22.0 Å². The summed E-state index contributed by atoms with van der Waals surface area (Å²) in [5, 5.41) is 0. The van der Waals surface area contributed by atoms with Gasteiger partial charge in [-0.1, -0.05) is 25.5 Å². The van der Waals surface area contributed by atoms with Gasteiger partial charge < -0.3 is 9.47 Å². The number of alkyl halides is 2. The Labute approximate surface area is 218 Å². The first-order valence-corrected chi connectivity index (χ1v) is 11.7. The van der Waals surface area contributed by atoms with Gasteiger partial charge in [-0.05, 0) is 66.1 Å². The van der Waals surface area contributed by atoms with Crippen molar-refractivity contribution in [2.75, 3.05) is 0 Å². The molecule has 0 aliphatic rings. The molecule has 39 heavy (non-hydrogen) atoms. The number of benzene rings is 4. The fourth-order valence-electron chi connectivity index (χ4n) is 3.80. The Bertz CT molecular complexity index is 1460. The summed E-state index contributed by atoms with van der Waals surface area (Å²) in [4.78, 5) is 0. The number of hydrogen-bond donors (Lipinski definition) is 0. The van der Waals surface area contributed by atoms with Gasteiger partial charge in [-0.15, -0.1) is 0 Å². The molecule has 0 aromatic heterocycles. The van der Waals surface area contributed by atoms with Crippen molar-refractivity contribution in [1.29, 1.82) is 0 Å². The number of rotatable bonds is 9. The van der Waals surface area contributed by atoms with Crippen LogP contribution in [-0.4, -0.2) is 0 Å². The van der Waals surface area contributed by atoms with Gasteiger partial charge in [0.05, 0.1) is 5.56 Å². The van der Waals surface area contributed by atoms with Crippen LogP contribution in [0.4, 0.5) is 35.1 Å². The second-order valence-corrected chi connectivity index (χ2v) is 8.60. The van der Waals surface area contributed by atoms with Crippen molar-refractivity contribution in [2.45, 2.75) is 32.5 Å². The Kier molecular flexibility index (Phi) is 8.13. The van der Waals surface area contributed by atoms with E-state index in [2.05, 4.69) is 0 Å². The van der Waals surface area contributed by atoms with E-state index in [0.717, 1.165) is 42.7 Å². The lowest BCUT2D eigenvalue weighted by Crippen LogP contribution is -2.22. The molecule has 0 heterocycles. The lowest BCUT2D eigenvalue weighted by Gasteiger charge is -2.19. The van der Waals surface area contributed by atoms with Crippen molar-refractivity contribution in [3.63, 3.8) is 0 Å². The minimum Gasteiger partial charge on any atom is -0.486 e. The zero-order valence-corrected chi connectivity index (χ0v) is 20.3. The molecule has 0 fully saturated rings. The number of ether oxygens (including phenoxy) is 2. The summed E-state index contributed by atoms with van der Waals surface area (Å²) >= 11 is 0. The summed E-state index contributed by atoms with van der Waals surface area (Å²) in [5.74, 6) is -10.1. The third-order valence-electron chi connectivity index (χ3n) is 5.82. The van der Waals surface area contributed by atoms with Crippen LogP contribution in [0.1, 0.15) is 30.0 Å². The maximum atomic E-state index is 14.6. The average molecular weight is 552 g/mol. The van der Waals surface area contributed by atoms with E-state index in [9.17, 15) is 35.1 Å². The number of aryl methyl sites for hydroxylation is 1. The zero-order valence-electron chi connectivity index (χ0n) is 20.3. The van der Waals surface area contributed by atoms with Crippen LogP contribution in [0.5, 0.6) is 11.5 Å². The minimum atomic E-state index is -3.74. The van der Waals surface area contributed by atoms with E-state index < -0.39 is 75.8 Å². The largest absolute Gasteiger partial charge is 0.486 e. The number of hydrogen-bond acceptors (Lipinski definition) is 2. The molecule has 0 spiro atoms. The van der Waals surface area contributed by atoms with Crippen molar-refractivity contribution < 1.29 is 44.6 Å². The minimum absolute atomic E-state index is 0.179. The van der Waals surface area contributed by atoms with Crippen molar-refractivity contribution in [3.05, 3.63) is 118 Å². The van der Waals surface area contributed by atoms with Crippen molar-refractivity contribution in [1.82, 2.24) is 0 Å². The van der Waals surface area contributed by atoms with Crippen molar-refractivity contribution >= 4 is 0 Å². The lowest BCUT2D eigenvalue weighted by atomic mass is 10.0. The molecule has 0 saturated heterocycles. The fourth-order valence-corrected chi connectivity index (χ4v) is 3.80. The summed E-state index contributed by atoms with van der Waals surface area (Å²) in [6, 6.07) is 11.3. The average Bonchev–Trinajstić information content (AvgIpc) is 2.89. The highest BCUT2D eigenvalue weighted by atomic mass is 19.3. The molecule has 10 heteroatoms. The molecule has 4 rings (SSSR count). The molecule has 0 bridgehead atoms. The molecule has 0 aliphatic carbocycles. The summed E-state index contributed by atoms with van der Waals surface area (Å²) < 4.78 is 123. The van der Waals surface area contributed by atoms with Gasteiger partial charge in [0.25, 0.3) is 0 Å². The second-order valence-electron chi connectivity index (χ2n) is 8.60. The van der Waals surface area contributed by atoms with Crippen LogP contribution >= 0.6 is 0 Å². The third kappa shape index (κ3) is 6.16. The van der Waals surface area contributed by atoms with E-state index in [-0.39, 0.29) is 5.56 Å². The Balaban J connectivity index is 1.46. The number of halogens is 8. The Morgan fingerprint density at radius 1 is 0.692 bits per heavy atom. The van der Waals surface area contributed by atoms with E-state index in [1.165, 1.54) is 12.1 Å². The predicted molar refractivity (Wildman–Crippen MR) is 127 cm³/mol. The van der Waals surface area contributed by atoms with Gasteiger partial charge >= 0.3 is 6.11 Å². The molecule has 0 unspecified atom stereocenters. The molecular formula is C29H20F8O2. The van der Waals surface area contributed by atoms with Gasteiger partial charge in [-0.3, -0.25) is 0 Å². The summed E-state index contributed by atoms with van der Waals surface area (Å²) in [6.45, 7) is 1.35. The van der Waals surface area contributed by atoms with Gasteiger partial charge in [0.1, 0.15) is 18.2 Å². The van der Waals surface area contributed by atoms with Crippen LogP contribution in [-0.2, 0) is 19.1 Å². The van der Waals surface area contributed by atoms with E-state index >= 15 is 0 Å². The molecule has 0 aliphatic heterocycles. The third-order valence-corrected chi connectivity index (χ3v) is 5.82. The lowest BCUT2D eigenvalue weighted by molar-refractivity contribution is -0.185. The SMILES string of the molecule is CCCc1ccc(C(F)(F)Oc2ccc(COc3ccc(-c4cc(F)c(F)c(F)c4)c(F)c3F)c(F)c2)cc1. The van der Waals surface area contributed by atoms with Crippen molar-refractivity contribution in [2.24, 2.45) is 0 Å². The molecule has 0 N–H and O–H groups in total. The van der Waals surface area contributed by atoms with Crippen molar-refractivity contribution in [3.8, 4) is 22.6 Å². The summed E-state index contributed by atoms with van der Waals surface area (Å²) in [6.07, 6.45) is -2.16. The molecule has 4 aromatic rings. The van der Waals surface area contributed by atoms with Gasteiger partial charge in [-0.2, -0.15) is 13.2 Å². The molecule has 4 aromatic carbocycles. The maximum absolute atomic E-state index is 14.6. The first-order valence-electron chi connectivity index (χ1n) is 11.7. The van der Waals surface area contributed by atoms with Crippen LogP contribution in [0.3, 0.4) is 0 Å². The molecule has 2 nitrogen and oxygen atoms in total. The molecule has 204 valence electrons. The van der Waals surface area contributed by atoms with E-state index in [4.69, 9.17) is 9.47 Å². The zero-order chi connectivity index (χ0) is 28.3. The van der Waals surface area contributed by atoms with Crippen LogP contribution in [0, 0.1) is 34.9 Å². The van der Waals surface area contributed by atoms with Crippen LogP contribution < -0.4 is 9.47 Å². The Morgan fingerprint density at radius 3 is 1.97 bits per heavy atom. The maximum Gasteiger partial charge on any atom is 0.426 e. The highest BCUT2D eigenvalue weighted by Gasteiger charge is 2.34. The second kappa shape index (κ2) is 11.3. The van der Waals surface area contributed by atoms with E-state index in [1.54, 1.807) is 12.1 Å². The summed E-state index contributed by atoms with van der Waals surface area (Å²) in [7, 11) is 0. The predicted octanol–water partition coefficient (Wildman–Crippen LogP) is 8.85. The van der Waals surface area contributed by atoms with Crippen LogP contribution in [0.25, 0.3) is 11.1 Å². The molecule has 0 saturated carbocycles. The van der Waals surface area contributed by atoms with E-state index in [0.29, 0.717) is 18.2 Å². The monoisotopic (exact) mass is 552 g/mol. The topological polar surface area (TPSA) is 18.5 Å². The highest BCUT2D eigenvalue weighted by Crippen LogP contribution is 2.34. The molecule has 0 atom stereocenters. The van der Waals surface area contributed by atoms with Gasteiger partial charge in [0.2, 0.25) is 5.82 Å². The molecule has 0 amide bonds. The molecular weight excluding hydrogens is 532 g/mol. The smallest absolute Gasteiger partial charge is 0.426 e. The van der Waals surface area contributed by atoms with Gasteiger partial charge in [0, 0.05) is 17.2 Å². The normalized spacial score (nSPS) is 11.5.